The SMILES string of the molecule is CCOc1cc(NC(=O)c2cc3c(C)nn(-c4ccccc4)c3s2)c(OCC)cc1NC(=O)CC(C)C. The number of carbonyl (C=O) groups excluding carboxylic acids is 2. The molecule has 0 unspecified atom stereocenters. The molecule has 0 atom stereocenters. The molecule has 37 heavy (non-hydrogen) atoms. The number of hydrogen-bond acceptors (Lipinski definition) is 6. The topological polar surface area (TPSA) is 94.5 Å². The number of ether oxygens (including phenoxy) is 2. The summed E-state index contributed by atoms with van der Waals surface area (Å²) in [6, 6.07) is 15.1. The predicted molar refractivity (Wildman–Crippen MR) is 149 cm³/mol. The molecule has 8 nitrogen and oxygen atoms in total. The zero-order chi connectivity index (χ0) is 26.5. The Morgan fingerprint density at radius 3 is 2.19 bits per heavy atom. The average molecular weight is 521 g/mol. The van der Waals surface area contributed by atoms with E-state index in [-0.39, 0.29) is 17.7 Å². The first kappa shape index (κ1) is 26.2. The summed E-state index contributed by atoms with van der Waals surface area (Å²) < 4.78 is 13.5. The van der Waals surface area contributed by atoms with Gasteiger partial charge in [-0.2, -0.15) is 5.10 Å². The second-order valence-corrected chi connectivity index (χ2v) is 10.0. The van der Waals surface area contributed by atoms with Crippen molar-refractivity contribution in [2.24, 2.45) is 5.92 Å². The van der Waals surface area contributed by atoms with Gasteiger partial charge in [0, 0.05) is 23.9 Å². The first-order valence-corrected chi connectivity index (χ1v) is 13.2. The molecule has 0 aliphatic rings. The summed E-state index contributed by atoms with van der Waals surface area (Å²) >= 11 is 1.38. The highest BCUT2D eigenvalue weighted by Gasteiger charge is 2.20. The second-order valence-electron chi connectivity index (χ2n) is 8.97. The summed E-state index contributed by atoms with van der Waals surface area (Å²) in [4.78, 5) is 27.2. The zero-order valence-corrected chi connectivity index (χ0v) is 22.6. The maximum Gasteiger partial charge on any atom is 0.265 e. The van der Waals surface area contributed by atoms with Gasteiger partial charge in [0.05, 0.1) is 40.8 Å². The summed E-state index contributed by atoms with van der Waals surface area (Å²) in [7, 11) is 0. The molecule has 0 spiro atoms. The van der Waals surface area contributed by atoms with Crippen molar-refractivity contribution in [1.29, 1.82) is 0 Å². The smallest absolute Gasteiger partial charge is 0.265 e. The van der Waals surface area contributed by atoms with Crippen molar-refractivity contribution in [3.63, 3.8) is 0 Å². The van der Waals surface area contributed by atoms with Crippen LogP contribution in [-0.4, -0.2) is 34.8 Å². The lowest BCUT2D eigenvalue weighted by molar-refractivity contribution is -0.116. The Morgan fingerprint density at radius 1 is 0.973 bits per heavy atom. The van der Waals surface area contributed by atoms with Gasteiger partial charge in [0.25, 0.3) is 5.91 Å². The summed E-state index contributed by atoms with van der Waals surface area (Å²) in [6.07, 6.45) is 0.389. The maximum absolute atomic E-state index is 13.4. The van der Waals surface area contributed by atoms with E-state index >= 15 is 0 Å². The van der Waals surface area contributed by atoms with Gasteiger partial charge in [0.1, 0.15) is 16.3 Å². The van der Waals surface area contributed by atoms with Crippen LogP contribution in [0.4, 0.5) is 11.4 Å². The van der Waals surface area contributed by atoms with Crippen molar-refractivity contribution in [2.45, 2.75) is 41.0 Å². The number of aromatic nitrogens is 2. The minimum absolute atomic E-state index is 0.108. The van der Waals surface area contributed by atoms with E-state index in [2.05, 4.69) is 15.7 Å². The third-order valence-corrected chi connectivity index (χ3v) is 6.68. The summed E-state index contributed by atoms with van der Waals surface area (Å²) in [5.41, 5.74) is 2.76. The fourth-order valence-corrected chi connectivity index (χ4v) is 5.04. The van der Waals surface area contributed by atoms with Crippen LogP contribution in [0.3, 0.4) is 0 Å². The van der Waals surface area contributed by atoms with Gasteiger partial charge < -0.3 is 20.1 Å². The molecular weight excluding hydrogens is 488 g/mol. The van der Waals surface area contributed by atoms with Crippen LogP contribution in [0.15, 0.2) is 48.5 Å². The third-order valence-electron chi connectivity index (χ3n) is 5.57. The Hall–Kier alpha value is -3.85. The number of anilines is 2. The Balaban J connectivity index is 1.65. The van der Waals surface area contributed by atoms with Gasteiger partial charge in [-0.25, -0.2) is 4.68 Å². The highest BCUT2D eigenvalue weighted by molar-refractivity contribution is 7.20. The van der Waals surface area contributed by atoms with Crippen LogP contribution < -0.4 is 20.1 Å². The molecule has 2 amide bonds. The molecule has 4 rings (SSSR count). The number of benzene rings is 2. The summed E-state index contributed by atoms with van der Waals surface area (Å²) in [5, 5.41) is 11.5. The van der Waals surface area contributed by atoms with Crippen molar-refractivity contribution in [2.75, 3.05) is 23.8 Å². The fourth-order valence-electron chi connectivity index (χ4n) is 3.96. The van der Waals surface area contributed by atoms with Crippen LogP contribution >= 0.6 is 11.3 Å². The lowest BCUT2D eigenvalue weighted by atomic mass is 10.1. The molecule has 9 heteroatoms. The van der Waals surface area contributed by atoms with Crippen molar-refractivity contribution < 1.29 is 19.1 Å². The van der Waals surface area contributed by atoms with Crippen LogP contribution in [0.25, 0.3) is 15.9 Å². The highest BCUT2D eigenvalue weighted by Crippen LogP contribution is 2.38. The zero-order valence-electron chi connectivity index (χ0n) is 21.8. The molecule has 2 N–H and O–H groups in total. The Labute approximate surface area is 220 Å². The number of carbonyl (C=O) groups is 2. The molecule has 0 saturated carbocycles. The number of fused-ring (bicyclic) bond motifs is 1. The van der Waals surface area contributed by atoms with Crippen molar-refractivity contribution in [1.82, 2.24) is 9.78 Å². The predicted octanol–water partition coefficient (Wildman–Crippen LogP) is 6.43. The largest absolute Gasteiger partial charge is 0.492 e. The summed E-state index contributed by atoms with van der Waals surface area (Å²) in [5.74, 6) is 0.764. The van der Waals surface area contributed by atoms with Crippen molar-refractivity contribution in [3.8, 4) is 17.2 Å². The fraction of sp³-hybridized carbons (Fsp3) is 0.321. The first-order valence-electron chi connectivity index (χ1n) is 12.4. The molecule has 0 saturated heterocycles. The lowest BCUT2D eigenvalue weighted by Gasteiger charge is -2.18. The van der Waals surface area contributed by atoms with E-state index in [1.807, 2.05) is 75.7 Å². The number of nitrogens with one attached hydrogen (secondary N) is 2. The van der Waals surface area contributed by atoms with Crippen LogP contribution in [0.1, 0.15) is 49.5 Å². The number of para-hydroxylation sites is 1. The molecule has 0 bridgehead atoms. The van der Waals surface area contributed by atoms with Gasteiger partial charge in [-0.05, 0) is 44.9 Å². The minimum Gasteiger partial charge on any atom is -0.492 e. The molecular formula is C28H32N4O4S. The van der Waals surface area contributed by atoms with Crippen LogP contribution in [0.5, 0.6) is 11.5 Å². The molecule has 2 aromatic heterocycles. The van der Waals surface area contributed by atoms with Crippen LogP contribution in [0.2, 0.25) is 0 Å². The van der Waals surface area contributed by atoms with Gasteiger partial charge in [0.2, 0.25) is 5.91 Å². The number of nitrogens with zero attached hydrogens (tertiary/aromatic N) is 2. The maximum atomic E-state index is 13.4. The minimum atomic E-state index is -0.264. The van der Waals surface area contributed by atoms with Gasteiger partial charge in [-0.15, -0.1) is 11.3 Å². The first-order chi connectivity index (χ1) is 17.8. The van der Waals surface area contributed by atoms with E-state index in [1.165, 1.54) is 11.3 Å². The molecule has 2 aromatic carbocycles. The van der Waals surface area contributed by atoms with Crippen molar-refractivity contribution >= 4 is 44.7 Å². The van der Waals surface area contributed by atoms with E-state index in [4.69, 9.17) is 9.47 Å². The van der Waals surface area contributed by atoms with Crippen LogP contribution in [0, 0.1) is 12.8 Å². The monoisotopic (exact) mass is 520 g/mol. The second kappa shape index (κ2) is 11.5. The number of amides is 2. The standard InChI is InChI=1S/C28H32N4O4S/c1-6-35-23-16-22(24(36-7-2)15-21(23)29-26(33)13-17(3)4)30-27(34)25-14-20-18(5)31-32(28(20)37-25)19-11-9-8-10-12-19/h8-12,14-17H,6-7,13H2,1-5H3,(H,29,33)(H,30,34). The third kappa shape index (κ3) is 5.94. The highest BCUT2D eigenvalue weighted by atomic mass is 32.1. The number of aryl methyl sites for hydroxylation is 1. The van der Waals surface area contributed by atoms with Gasteiger partial charge in [-0.3, -0.25) is 9.59 Å². The van der Waals surface area contributed by atoms with E-state index in [0.717, 1.165) is 21.6 Å². The van der Waals surface area contributed by atoms with Crippen LogP contribution in [-0.2, 0) is 4.79 Å². The van der Waals surface area contributed by atoms with E-state index in [9.17, 15) is 9.59 Å². The normalized spacial score (nSPS) is 11.1. The van der Waals surface area contributed by atoms with Gasteiger partial charge in [0.15, 0.2) is 0 Å². The average Bonchev–Trinajstić information content (AvgIpc) is 3.42. The molecule has 0 aliphatic carbocycles. The molecule has 0 aliphatic heterocycles. The quantitative estimate of drug-likeness (QED) is 0.251. The van der Waals surface area contributed by atoms with E-state index in [1.54, 1.807) is 12.1 Å². The molecule has 194 valence electrons. The van der Waals surface area contributed by atoms with Gasteiger partial charge >= 0.3 is 0 Å². The Bertz CT molecular complexity index is 1410. The van der Waals surface area contributed by atoms with Gasteiger partial charge in [-0.1, -0.05) is 32.0 Å². The number of thiophene rings is 1. The molecule has 0 fully saturated rings. The molecule has 0 radical (unpaired) electrons. The number of hydrogen-bond donors (Lipinski definition) is 2. The van der Waals surface area contributed by atoms with Crippen molar-refractivity contribution in [3.05, 3.63) is 59.1 Å². The summed E-state index contributed by atoms with van der Waals surface area (Å²) in [6.45, 7) is 10.4. The lowest BCUT2D eigenvalue weighted by Crippen LogP contribution is -2.16. The number of rotatable bonds is 10. The molecule has 2 heterocycles. The Kier molecular flexibility index (Phi) is 8.13. The van der Waals surface area contributed by atoms with E-state index < -0.39 is 0 Å². The molecule has 4 aromatic rings. The Morgan fingerprint density at radius 2 is 1.59 bits per heavy atom. The van der Waals surface area contributed by atoms with E-state index in [0.29, 0.717) is 47.4 Å².